The molecule has 4 nitrogen and oxygen atoms in total. The average molecular weight is 289 g/mol. The van der Waals surface area contributed by atoms with E-state index in [0.717, 1.165) is 16.3 Å². The number of aryl methyl sites for hydroxylation is 2. The maximum Gasteiger partial charge on any atom is 0.241 e. The van der Waals surface area contributed by atoms with E-state index >= 15 is 0 Å². The average Bonchev–Trinajstić information content (AvgIpc) is 2.44. The summed E-state index contributed by atoms with van der Waals surface area (Å²) in [7, 11) is 0. The van der Waals surface area contributed by atoms with Crippen molar-refractivity contribution in [2.24, 2.45) is 0 Å². The second-order valence-corrected chi connectivity index (χ2v) is 5.66. The van der Waals surface area contributed by atoms with Crippen LogP contribution in [-0.2, 0) is 0 Å². The summed E-state index contributed by atoms with van der Waals surface area (Å²) in [5.74, 6) is 0.466. The number of nitrogens with zero attached hydrogens (tertiary/aromatic N) is 2. The number of rotatable bonds is 5. The minimum absolute atomic E-state index is 0.466. The molecule has 0 fully saturated rings. The van der Waals surface area contributed by atoms with Crippen LogP contribution in [0, 0.1) is 13.8 Å². The number of hydrogen-bond donors (Lipinski definition) is 1. The summed E-state index contributed by atoms with van der Waals surface area (Å²) >= 11 is 1.53. The van der Waals surface area contributed by atoms with E-state index < -0.39 is 0 Å². The molecule has 1 aromatic carbocycles. The van der Waals surface area contributed by atoms with Gasteiger partial charge in [0.05, 0.1) is 6.61 Å². The third-order valence-corrected chi connectivity index (χ3v) is 3.95. The summed E-state index contributed by atoms with van der Waals surface area (Å²) in [6, 6.07) is 6.30. The van der Waals surface area contributed by atoms with E-state index in [0.29, 0.717) is 18.2 Å². The Morgan fingerprint density at radius 2 is 2.00 bits per heavy atom. The van der Waals surface area contributed by atoms with E-state index in [9.17, 15) is 0 Å². The maximum atomic E-state index is 6.07. The minimum atomic E-state index is 0.466. The minimum Gasteiger partial charge on any atom is -0.476 e. The molecule has 20 heavy (non-hydrogen) atoms. The van der Waals surface area contributed by atoms with Gasteiger partial charge < -0.3 is 10.5 Å². The smallest absolute Gasteiger partial charge is 0.241 e. The van der Waals surface area contributed by atoms with Crippen LogP contribution in [0.2, 0.25) is 0 Å². The molecule has 0 aliphatic rings. The molecule has 0 unspecified atom stereocenters. The number of ether oxygens (including phenoxy) is 1. The highest BCUT2D eigenvalue weighted by Crippen LogP contribution is 2.34. The molecule has 2 N–H and O–H groups in total. The van der Waals surface area contributed by atoms with Gasteiger partial charge in [0.15, 0.2) is 0 Å². The van der Waals surface area contributed by atoms with Crippen LogP contribution in [0.5, 0.6) is 5.88 Å². The number of anilines is 1. The topological polar surface area (TPSA) is 61.0 Å². The second kappa shape index (κ2) is 6.61. The van der Waals surface area contributed by atoms with Gasteiger partial charge in [-0.1, -0.05) is 24.8 Å². The summed E-state index contributed by atoms with van der Waals surface area (Å²) in [5, 5.41) is 0.731. The first kappa shape index (κ1) is 14.7. The third kappa shape index (κ3) is 3.42. The van der Waals surface area contributed by atoms with Crippen LogP contribution in [0.1, 0.15) is 24.5 Å². The predicted octanol–water partition coefficient (Wildman–Crippen LogP) is 3.62. The first-order valence-corrected chi connectivity index (χ1v) is 7.41. The van der Waals surface area contributed by atoms with Gasteiger partial charge in [-0.15, -0.1) is 0 Å². The van der Waals surface area contributed by atoms with Crippen molar-refractivity contribution in [1.29, 1.82) is 0 Å². The van der Waals surface area contributed by atoms with Crippen molar-refractivity contribution in [1.82, 2.24) is 9.97 Å². The zero-order chi connectivity index (χ0) is 14.5. The Morgan fingerprint density at radius 3 is 2.70 bits per heavy atom. The number of aromatic nitrogens is 2. The molecule has 0 amide bonds. The van der Waals surface area contributed by atoms with Crippen molar-refractivity contribution in [2.75, 3.05) is 12.3 Å². The number of nitrogens with two attached hydrogens (primary N) is 1. The molecular weight excluding hydrogens is 270 g/mol. The van der Waals surface area contributed by atoms with Crippen LogP contribution in [-0.4, -0.2) is 16.6 Å². The molecule has 106 valence electrons. The Labute approximate surface area is 123 Å². The summed E-state index contributed by atoms with van der Waals surface area (Å²) in [4.78, 5) is 9.43. The molecule has 0 radical (unpaired) electrons. The van der Waals surface area contributed by atoms with Crippen LogP contribution in [0.25, 0.3) is 0 Å². The van der Waals surface area contributed by atoms with E-state index in [4.69, 9.17) is 10.5 Å². The van der Waals surface area contributed by atoms with Gasteiger partial charge in [0.2, 0.25) is 5.88 Å². The Bertz CT molecular complexity index is 602. The summed E-state index contributed by atoms with van der Waals surface area (Å²) in [6.07, 6.45) is 2.41. The van der Waals surface area contributed by atoms with Gasteiger partial charge >= 0.3 is 0 Å². The molecule has 0 aliphatic heterocycles. The van der Waals surface area contributed by atoms with Crippen LogP contribution in [0.4, 0.5) is 5.69 Å². The molecule has 0 saturated carbocycles. The van der Waals surface area contributed by atoms with E-state index in [1.54, 1.807) is 0 Å². The van der Waals surface area contributed by atoms with Crippen molar-refractivity contribution in [3.8, 4) is 5.88 Å². The molecule has 1 heterocycles. The van der Waals surface area contributed by atoms with Crippen LogP contribution < -0.4 is 10.5 Å². The standard InChI is InChI=1S/C15H19N3OS/c1-4-7-19-14-13(16)15(18-9-17-14)20-12-6-5-10(2)11(3)8-12/h5-6,8-9H,4,7,16H2,1-3H3. The second-order valence-electron chi connectivity index (χ2n) is 4.59. The van der Waals surface area contributed by atoms with Gasteiger partial charge in [-0.05, 0) is 43.5 Å². The summed E-state index contributed by atoms with van der Waals surface area (Å²) < 4.78 is 5.52. The molecular formula is C15H19N3OS. The lowest BCUT2D eigenvalue weighted by Gasteiger charge is -2.10. The molecule has 5 heteroatoms. The molecule has 0 bridgehead atoms. The van der Waals surface area contributed by atoms with E-state index in [1.165, 1.54) is 29.2 Å². The molecule has 0 atom stereocenters. The Balaban J connectivity index is 2.22. The maximum absolute atomic E-state index is 6.07. The van der Waals surface area contributed by atoms with E-state index in [-0.39, 0.29) is 0 Å². The molecule has 0 spiro atoms. The van der Waals surface area contributed by atoms with Crippen LogP contribution in [0.3, 0.4) is 0 Å². The van der Waals surface area contributed by atoms with Crippen molar-refractivity contribution in [3.05, 3.63) is 35.7 Å². The fourth-order valence-electron chi connectivity index (χ4n) is 1.65. The summed E-state index contributed by atoms with van der Waals surface area (Å²) in [5.41, 5.74) is 9.10. The first-order valence-electron chi connectivity index (χ1n) is 6.60. The highest BCUT2D eigenvalue weighted by atomic mass is 32.2. The zero-order valence-corrected chi connectivity index (χ0v) is 12.8. The van der Waals surface area contributed by atoms with E-state index in [1.807, 2.05) is 6.92 Å². The SMILES string of the molecule is CCCOc1ncnc(Sc2ccc(C)c(C)c2)c1N. The first-order chi connectivity index (χ1) is 9.61. The van der Waals surface area contributed by atoms with Crippen molar-refractivity contribution in [2.45, 2.75) is 37.1 Å². The zero-order valence-electron chi connectivity index (χ0n) is 12.0. The van der Waals surface area contributed by atoms with Gasteiger partial charge in [0.25, 0.3) is 0 Å². The van der Waals surface area contributed by atoms with Crippen molar-refractivity contribution in [3.63, 3.8) is 0 Å². The highest BCUT2D eigenvalue weighted by molar-refractivity contribution is 7.99. The molecule has 0 saturated heterocycles. The van der Waals surface area contributed by atoms with Crippen LogP contribution >= 0.6 is 11.8 Å². The molecule has 2 rings (SSSR count). The normalized spacial score (nSPS) is 10.6. The number of nitrogen functional groups attached to an aromatic ring is 1. The van der Waals surface area contributed by atoms with Gasteiger partial charge in [-0.2, -0.15) is 4.98 Å². The monoisotopic (exact) mass is 289 g/mol. The Morgan fingerprint density at radius 1 is 1.20 bits per heavy atom. The van der Waals surface area contributed by atoms with E-state index in [2.05, 4.69) is 42.0 Å². The predicted molar refractivity (Wildman–Crippen MR) is 82.3 cm³/mol. The highest BCUT2D eigenvalue weighted by Gasteiger charge is 2.11. The number of benzene rings is 1. The Hall–Kier alpha value is -1.75. The van der Waals surface area contributed by atoms with Gasteiger partial charge in [0, 0.05) is 4.90 Å². The quantitative estimate of drug-likeness (QED) is 0.852. The Kier molecular flexibility index (Phi) is 4.84. The fourth-order valence-corrected chi connectivity index (χ4v) is 2.54. The largest absolute Gasteiger partial charge is 0.476 e. The fraction of sp³-hybridized carbons (Fsp3) is 0.333. The molecule has 0 aliphatic carbocycles. The molecule has 2 aromatic rings. The lowest BCUT2D eigenvalue weighted by Crippen LogP contribution is -2.03. The lowest BCUT2D eigenvalue weighted by molar-refractivity contribution is 0.305. The van der Waals surface area contributed by atoms with Gasteiger partial charge in [0.1, 0.15) is 17.0 Å². The van der Waals surface area contributed by atoms with Gasteiger partial charge in [-0.25, -0.2) is 4.98 Å². The van der Waals surface area contributed by atoms with Gasteiger partial charge in [-0.3, -0.25) is 0 Å². The third-order valence-electron chi connectivity index (χ3n) is 2.95. The number of hydrogen-bond acceptors (Lipinski definition) is 5. The summed E-state index contributed by atoms with van der Waals surface area (Å²) in [6.45, 7) is 6.84. The van der Waals surface area contributed by atoms with Crippen LogP contribution in [0.15, 0.2) is 34.4 Å². The van der Waals surface area contributed by atoms with Crippen molar-refractivity contribution < 1.29 is 4.74 Å². The van der Waals surface area contributed by atoms with Crippen molar-refractivity contribution >= 4 is 17.4 Å². The lowest BCUT2D eigenvalue weighted by atomic mass is 10.1. The molecule has 1 aromatic heterocycles.